The van der Waals surface area contributed by atoms with Crippen LogP contribution in [0.1, 0.15) is 18.9 Å². The Morgan fingerprint density at radius 2 is 2.03 bits per heavy atom. The highest BCUT2D eigenvalue weighted by molar-refractivity contribution is 8.08. The molecular formula is C19H20ClN3O6S. The molecule has 0 spiro atoms. The number of carbonyl (C=O) groups is 3. The lowest BCUT2D eigenvalue weighted by molar-refractivity contribution is -0.163. The number of halogens is 1. The second-order valence-corrected chi connectivity index (χ2v) is 8.36. The quantitative estimate of drug-likeness (QED) is 0.257. The lowest BCUT2D eigenvalue weighted by Gasteiger charge is -2.48. The number of hydrogen-bond acceptors (Lipinski definition) is 7. The van der Waals surface area contributed by atoms with Crippen LogP contribution in [0.3, 0.4) is 0 Å². The fourth-order valence-electron chi connectivity index (χ4n) is 2.89. The first-order valence-electron chi connectivity index (χ1n) is 8.71. The third kappa shape index (κ3) is 5.17. The summed E-state index contributed by atoms with van der Waals surface area (Å²) in [5, 5.41) is 9.71. The van der Waals surface area contributed by atoms with Gasteiger partial charge >= 0.3 is 5.97 Å². The number of hydrogen-bond donors (Lipinski definition) is 1. The van der Waals surface area contributed by atoms with E-state index in [1.807, 2.05) is 0 Å². The third-order valence-electron chi connectivity index (χ3n) is 4.33. The largest absolute Gasteiger partial charge is 0.497 e. The Morgan fingerprint density at radius 1 is 1.40 bits per heavy atom. The molecule has 0 aromatic heterocycles. The van der Waals surface area contributed by atoms with Gasteiger partial charge in [-0.25, -0.2) is 9.00 Å². The SMILES string of the molecule is C=C(C)C(C(=O)OCc1ccc(OC)cc1)N1C(=O)C(NC(=O)CC#N)C1S(=O)Cl. The summed E-state index contributed by atoms with van der Waals surface area (Å²) >= 11 is 0. The molecule has 0 saturated carbocycles. The average molecular weight is 454 g/mol. The molecule has 0 bridgehead atoms. The number of ether oxygens (including phenoxy) is 2. The van der Waals surface area contributed by atoms with E-state index >= 15 is 0 Å². The molecule has 0 radical (unpaired) electrons. The molecule has 9 nitrogen and oxygen atoms in total. The normalized spacial score (nSPS) is 19.7. The predicted octanol–water partition coefficient (Wildman–Crippen LogP) is 1.15. The van der Waals surface area contributed by atoms with E-state index in [2.05, 4.69) is 11.9 Å². The summed E-state index contributed by atoms with van der Waals surface area (Å²) in [4.78, 5) is 37.9. The Balaban J connectivity index is 2.13. The fraction of sp³-hybridized carbons (Fsp3) is 0.368. The van der Waals surface area contributed by atoms with E-state index in [0.717, 1.165) is 4.90 Å². The maximum Gasteiger partial charge on any atom is 0.333 e. The van der Waals surface area contributed by atoms with Gasteiger partial charge in [0.25, 0.3) is 0 Å². The molecule has 0 aliphatic carbocycles. The second kappa shape index (κ2) is 10.2. The molecule has 1 aliphatic heterocycles. The van der Waals surface area contributed by atoms with Gasteiger partial charge in [0.1, 0.15) is 34.8 Å². The van der Waals surface area contributed by atoms with Crippen molar-refractivity contribution < 1.29 is 28.1 Å². The van der Waals surface area contributed by atoms with Crippen LogP contribution in [-0.4, -0.2) is 51.5 Å². The minimum Gasteiger partial charge on any atom is -0.497 e. The predicted molar refractivity (Wildman–Crippen MR) is 108 cm³/mol. The topological polar surface area (TPSA) is 126 Å². The van der Waals surface area contributed by atoms with E-state index in [1.165, 1.54) is 14.0 Å². The van der Waals surface area contributed by atoms with Crippen molar-refractivity contribution in [1.29, 1.82) is 5.26 Å². The molecule has 4 atom stereocenters. The van der Waals surface area contributed by atoms with Crippen LogP contribution in [0.25, 0.3) is 0 Å². The Kier molecular flexibility index (Phi) is 7.97. The molecule has 1 fully saturated rings. The van der Waals surface area contributed by atoms with Gasteiger partial charge in [0, 0.05) is 0 Å². The Hall–Kier alpha value is -2.90. The zero-order chi connectivity index (χ0) is 22.4. The summed E-state index contributed by atoms with van der Waals surface area (Å²) in [6.07, 6.45) is -0.473. The van der Waals surface area contributed by atoms with Crippen LogP contribution in [0.5, 0.6) is 5.75 Å². The molecule has 11 heteroatoms. The average Bonchev–Trinajstić information content (AvgIpc) is 2.70. The van der Waals surface area contributed by atoms with Gasteiger partial charge in [-0.3, -0.25) is 9.59 Å². The zero-order valence-corrected chi connectivity index (χ0v) is 17.9. The van der Waals surface area contributed by atoms with Gasteiger partial charge in [0.2, 0.25) is 11.8 Å². The molecule has 2 rings (SSSR count). The van der Waals surface area contributed by atoms with Crippen molar-refractivity contribution in [3.8, 4) is 11.8 Å². The summed E-state index contributed by atoms with van der Waals surface area (Å²) in [7, 11) is 5.14. The Bertz CT molecular complexity index is 914. The zero-order valence-electron chi connectivity index (χ0n) is 16.3. The summed E-state index contributed by atoms with van der Waals surface area (Å²) in [6, 6.07) is 6.06. The van der Waals surface area contributed by atoms with Crippen molar-refractivity contribution in [3.63, 3.8) is 0 Å². The summed E-state index contributed by atoms with van der Waals surface area (Å²) in [5.74, 6) is -1.51. The molecule has 1 heterocycles. The van der Waals surface area contributed by atoms with Crippen LogP contribution in [-0.2, 0) is 35.7 Å². The molecule has 1 N–H and O–H groups in total. The van der Waals surface area contributed by atoms with E-state index in [9.17, 15) is 18.6 Å². The van der Waals surface area contributed by atoms with Gasteiger partial charge in [-0.1, -0.05) is 18.7 Å². The maximum absolute atomic E-state index is 12.7. The highest BCUT2D eigenvalue weighted by Crippen LogP contribution is 2.31. The third-order valence-corrected chi connectivity index (χ3v) is 5.76. The van der Waals surface area contributed by atoms with Crippen LogP contribution in [0.2, 0.25) is 0 Å². The van der Waals surface area contributed by atoms with Gasteiger partial charge in [-0.05, 0) is 40.9 Å². The fourth-order valence-corrected chi connectivity index (χ4v) is 4.26. The van der Waals surface area contributed by atoms with E-state index < -0.39 is 51.7 Å². The number of benzene rings is 1. The number of carbonyl (C=O) groups excluding carboxylic acids is 3. The summed E-state index contributed by atoms with van der Waals surface area (Å²) < 4.78 is 22.4. The van der Waals surface area contributed by atoms with Crippen LogP contribution >= 0.6 is 10.7 Å². The van der Waals surface area contributed by atoms with Gasteiger partial charge in [-0.15, -0.1) is 0 Å². The van der Waals surface area contributed by atoms with Crippen molar-refractivity contribution in [3.05, 3.63) is 42.0 Å². The molecule has 1 aliphatic rings. The lowest BCUT2D eigenvalue weighted by atomic mass is 9.99. The first-order valence-corrected chi connectivity index (χ1v) is 10.8. The van der Waals surface area contributed by atoms with Crippen LogP contribution < -0.4 is 10.1 Å². The summed E-state index contributed by atoms with van der Waals surface area (Å²) in [6.45, 7) is 5.17. The number of rotatable bonds is 9. The number of nitrogens with zero attached hydrogens (tertiary/aromatic N) is 2. The number of nitriles is 1. The van der Waals surface area contributed by atoms with Gasteiger partial charge in [0.05, 0.1) is 13.2 Å². The molecule has 1 aromatic rings. The van der Waals surface area contributed by atoms with Crippen LogP contribution in [0.4, 0.5) is 0 Å². The monoisotopic (exact) mass is 453 g/mol. The van der Waals surface area contributed by atoms with Crippen molar-refractivity contribution in [1.82, 2.24) is 10.2 Å². The molecule has 4 unspecified atom stereocenters. The lowest BCUT2D eigenvalue weighted by Crippen LogP contribution is -2.74. The van der Waals surface area contributed by atoms with Crippen molar-refractivity contribution >= 4 is 38.5 Å². The molecule has 2 amide bonds. The molecule has 160 valence electrons. The van der Waals surface area contributed by atoms with Crippen molar-refractivity contribution in [2.45, 2.75) is 37.4 Å². The van der Waals surface area contributed by atoms with E-state index in [-0.39, 0.29) is 12.2 Å². The highest BCUT2D eigenvalue weighted by Gasteiger charge is 2.56. The molecular weight excluding hydrogens is 434 g/mol. The first kappa shape index (κ1) is 23.4. The number of β-lactam (4-membered cyclic amide) rings is 1. The molecule has 30 heavy (non-hydrogen) atoms. The van der Waals surface area contributed by atoms with Crippen LogP contribution in [0.15, 0.2) is 36.4 Å². The van der Waals surface area contributed by atoms with Gasteiger partial charge < -0.3 is 19.7 Å². The molecule has 1 aromatic carbocycles. The maximum atomic E-state index is 12.7. The van der Waals surface area contributed by atoms with E-state index in [4.69, 9.17) is 25.4 Å². The number of esters is 1. The minimum absolute atomic E-state index is 0.0639. The van der Waals surface area contributed by atoms with E-state index in [1.54, 1.807) is 30.3 Å². The van der Waals surface area contributed by atoms with Gasteiger partial charge in [0.15, 0.2) is 11.4 Å². The van der Waals surface area contributed by atoms with Crippen LogP contribution in [0, 0.1) is 11.3 Å². The first-order chi connectivity index (χ1) is 14.2. The Morgan fingerprint density at radius 3 is 2.53 bits per heavy atom. The van der Waals surface area contributed by atoms with Gasteiger partial charge in [-0.2, -0.15) is 5.26 Å². The number of amides is 2. The second-order valence-electron chi connectivity index (χ2n) is 6.47. The minimum atomic E-state index is -2.11. The van der Waals surface area contributed by atoms with E-state index in [0.29, 0.717) is 11.3 Å². The van der Waals surface area contributed by atoms with Crippen molar-refractivity contribution in [2.24, 2.45) is 0 Å². The highest BCUT2D eigenvalue weighted by atomic mass is 35.7. The Labute approximate surface area is 180 Å². The number of methoxy groups -OCH3 is 1. The number of nitrogens with one attached hydrogen (secondary N) is 1. The number of likely N-dealkylation sites (tertiary alicyclic amines) is 1. The summed E-state index contributed by atoms with van der Waals surface area (Å²) in [5.41, 5.74) is 0.968. The van der Waals surface area contributed by atoms with Crippen molar-refractivity contribution in [2.75, 3.05) is 7.11 Å². The standard InChI is InChI=1S/C19H20ClN3O6S/c1-11(2)16(19(26)29-10-12-4-6-13(28-3)7-5-12)23-17(25)15(18(23)30(20)27)22-14(24)8-9-21/h4-7,15-16,18H,1,8,10H2,2-3H3,(H,22,24). The smallest absolute Gasteiger partial charge is 0.333 e. The molecule has 1 saturated heterocycles.